The largest absolute Gasteiger partial charge is 0.497 e. The van der Waals surface area contributed by atoms with Crippen molar-refractivity contribution in [3.63, 3.8) is 0 Å². The van der Waals surface area contributed by atoms with E-state index in [0.29, 0.717) is 16.4 Å². The van der Waals surface area contributed by atoms with E-state index < -0.39 is 0 Å². The average Bonchev–Trinajstić information content (AvgIpc) is 3.21. The van der Waals surface area contributed by atoms with Gasteiger partial charge in [-0.3, -0.25) is 9.20 Å². The number of halogens is 1. The van der Waals surface area contributed by atoms with Crippen molar-refractivity contribution in [3.05, 3.63) is 64.6 Å². The van der Waals surface area contributed by atoms with Crippen molar-refractivity contribution in [1.29, 1.82) is 0 Å². The van der Waals surface area contributed by atoms with Crippen LogP contribution in [0.25, 0.3) is 27.5 Å². The van der Waals surface area contributed by atoms with E-state index in [4.69, 9.17) is 16.3 Å². The van der Waals surface area contributed by atoms with Crippen molar-refractivity contribution in [3.8, 4) is 28.3 Å². The summed E-state index contributed by atoms with van der Waals surface area (Å²) in [5, 5.41) is 2.67. The number of fused-ring (bicyclic) bond motifs is 1. The smallest absolute Gasteiger partial charge is 0.195 e. The van der Waals surface area contributed by atoms with Crippen LogP contribution in [0.1, 0.15) is 10.5 Å². The molecule has 4 rings (SSSR count). The fourth-order valence-corrected chi connectivity index (χ4v) is 3.82. The molecule has 0 N–H and O–H groups in total. The number of methoxy groups -OCH3 is 1. The molecule has 0 radical (unpaired) electrons. The molecule has 0 aliphatic rings. The number of hydrogen-bond acceptors (Lipinski definition) is 4. The number of hydrogen-bond donors (Lipinski definition) is 0. The fraction of sp³-hybridized carbons (Fsp3) is 0.0526. The van der Waals surface area contributed by atoms with Crippen molar-refractivity contribution < 1.29 is 9.53 Å². The summed E-state index contributed by atoms with van der Waals surface area (Å²) in [7, 11) is 1.62. The Morgan fingerprint density at radius 1 is 1.16 bits per heavy atom. The minimum absolute atomic E-state index is 0.523. The van der Waals surface area contributed by atoms with Crippen LogP contribution in [-0.2, 0) is 0 Å². The summed E-state index contributed by atoms with van der Waals surface area (Å²) in [6, 6.07) is 15.1. The van der Waals surface area contributed by atoms with Gasteiger partial charge in [-0.2, -0.15) is 0 Å². The van der Waals surface area contributed by atoms with Gasteiger partial charge in [-0.05, 0) is 29.8 Å². The molecule has 0 spiro atoms. The van der Waals surface area contributed by atoms with Crippen LogP contribution in [0.2, 0.25) is 5.02 Å². The number of aldehydes is 1. The lowest BCUT2D eigenvalue weighted by Crippen LogP contribution is -1.94. The van der Waals surface area contributed by atoms with Crippen molar-refractivity contribution in [1.82, 2.24) is 9.38 Å². The van der Waals surface area contributed by atoms with Gasteiger partial charge in [-0.15, -0.1) is 11.3 Å². The monoisotopic (exact) mass is 368 g/mol. The molecule has 25 heavy (non-hydrogen) atoms. The first kappa shape index (κ1) is 15.9. The summed E-state index contributed by atoms with van der Waals surface area (Å²) in [5.74, 6) is 0.726. The second-order valence-electron chi connectivity index (χ2n) is 5.44. The van der Waals surface area contributed by atoms with Gasteiger partial charge in [0, 0.05) is 16.0 Å². The van der Waals surface area contributed by atoms with Crippen LogP contribution >= 0.6 is 22.9 Å². The first-order chi connectivity index (χ1) is 12.2. The van der Waals surface area contributed by atoms with Crippen molar-refractivity contribution in [2.24, 2.45) is 0 Å². The van der Waals surface area contributed by atoms with Gasteiger partial charge in [0.1, 0.15) is 17.1 Å². The standard InChI is InChI=1S/C19H13ClN2O2S/c1-24-15-4-2-3-13(9-15)18-16(10-23)22-17(11-25-19(22)21-18)12-5-7-14(20)8-6-12/h2-11H,1H3. The van der Waals surface area contributed by atoms with Crippen LogP contribution in [0, 0.1) is 0 Å². The zero-order valence-corrected chi connectivity index (χ0v) is 14.8. The molecular weight excluding hydrogens is 356 g/mol. The molecule has 0 saturated heterocycles. The zero-order chi connectivity index (χ0) is 17.4. The maximum absolute atomic E-state index is 11.9. The van der Waals surface area contributed by atoms with Crippen LogP contribution in [-0.4, -0.2) is 22.8 Å². The summed E-state index contributed by atoms with van der Waals surface area (Å²) < 4.78 is 7.16. The Bertz CT molecular complexity index is 1070. The number of rotatable bonds is 4. The van der Waals surface area contributed by atoms with Crippen LogP contribution < -0.4 is 4.74 Å². The highest BCUT2D eigenvalue weighted by molar-refractivity contribution is 7.15. The molecule has 2 aromatic carbocycles. The predicted octanol–water partition coefficient (Wildman–Crippen LogP) is 5.20. The second-order valence-corrected chi connectivity index (χ2v) is 6.71. The number of ether oxygens (including phenoxy) is 1. The van der Waals surface area contributed by atoms with Crippen LogP contribution in [0.5, 0.6) is 5.75 Å². The Kier molecular flexibility index (Phi) is 4.03. The third-order valence-corrected chi connectivity index (χ3v) is 5.07. The summed E-state index contributed by atoms with van der Waals surface area (Å²) in [4.78, 5) is 17.3. The van der Waals surface area contributed by atoms with E-state index in [1.807, 2.05) is 58.3 Å². The highest BCUT2D eigenvalue weighted by atomic mass is 35.5. The van der Waals surface area contributed by atoms with Gasteiger partial charge < -0.3 is 4.74 Å². The summed E-state index contributed by atoms with van der Waals surface area (Å²) >= 11 is 7.47. The van der Waals surface area contributed by atoms with E-state index in [-0.39, 0.29) is 0 Å². The lowest BCUT2D eigenvalue weighted by atomic mass is 10.1. The van der Waals surface area contributed by atoms with Crippen LogP contribution in [0.3, 0.4) is 0 Å². The van der Waals surface area contributed by atoms with Gasteiger partial charge >= 0.3 is 0 Å². The summed E-state index contributed by atoms with van der Waals surface area (Å²) in [5.41, 5.74) is 3.92. The van der Waals surface area contributed by atoms with Gasteiger partial charge in [0.2, 0.25) is 0 Å². The Labute approximate surface area is 153 Å². The first-order valence-corrected chi connectivity index (χ1v) is 8.82. The maximum Gasteiger partial charge on any atom is 0.195 e. The second kappa shape index (κ2) is 6.35. The van der Waals surface area contributed by atoms with Gasteiger partial charge in [-0.1, -0.05) is 35.9 Å². The highest BCUT2D eigenvalue weighted by Gasteiger charge is 2.18. The van der Waals surface area contributed by atoms with E-state index in [0.717, 1.165) is 33.8 Å². The quantitative estimate of drug-likeness (QED) is 0.465. The Balaban J connectivity index is 1.93. The maximum atomic E-state index is 11.9. The lowest BCUT2D eigenvalue weighted by Gasteiger charge is -2.04. The van der Waals surface area contributed by atoms with Crippen molar-refractivity contribution >= 4 is 34.2 Å². The molecule has 0 aliphatic heterocycles. The Hall–Kier alpha value is -2.63. The summed E-state index contributed by atoms with van der Waals surface area (Å²) in [6.07, 6.45) is 0.848. The lowest BCUT2D eigenvalue weighted by molar-refractivity contribution is 0.111. The van der Waals surface area contributed by atoms with E-state index in [2.05, 4.69) is 4.98 Å². The molecule has 124 valence electrons. The third kappa shape index (κ3) is 2.71. The number of carbonyl (C=O) groups excluding carboxylic acids is 1. The van der Waals surface area contributed by atoms with Crippen molar-refractivity contribution in [2.45, 2.75) is 0 Å². The van der Waals surface area contributed by atoms with E-state index in [1.54, 1.807) is 7.11 Å². The van der Waals surface area contributed by atoms with Crippen LogP contribution in [0.4, 0.5) is 0 Å². The molecule has 0 fully saturated rings. The SMILES string of the molecule is COc1cccc(-c2nc3scc(-c4ccc(Cl)cc4)n3c2C=O)c1. The molecule has 0 atom stereocenters. The number of thiazole rings is 1. The van der Waals surface area contributed by atoms with E-state index >= 15 is 0 Å². The molecule has 2 heterocycles. The minimum Gasteiger partial charge on any atom is -0.497 e. The zero-order valence-electron chi connectivity index (χ0n) is 13.3. The Morgan fingerprint density at radius 2 is 1.96 bits per heavy atom. The minimum atomic E-state index is 0.523. The van der Waals surface area contributed by atoms with Crippen molar-refractivity contribution in [2.75, 3.05) is 7.11 Å². The van der Waals surface area contributed by atoms with Gasteiger partial charge in [0.15, 0.2) is 11.2 Å². The number of imidazole rings is 1. The predicted molar refractivity (Wildman–Crippen MR) is 101 cm³/mol. The van der Waals surface area contributed by atoms with Gasteiger partial charge in [0.05, 0.1) is 12.8 Å². The molecule has 0 saturated carbocycles. The Morgan fingerprint density at radius 3 is 2.68 bits per heavy atom. The van der Waals surface area contributed by atoms with E-state index in [1.165, 1.54) is 11.3 Å². The molecule has 4 aromatic rings. The number of nitrogens with zero attached hydrogens (tertiary/aromatic N) is 2. The molecule has 0 aliphatic carbocycles. The first-order valence-electron chi connectivity index (χ1n) is 7.57. The molecule has 0 unspecified atom stereocenters. The highest BCUT2D eigenvalue weighted by Crippen LogP contribution is 2.33. The average molecular weight is 369 g/mol. The van der Waals surface area contributed by atoms with Crippen LogP contribution in [0.15, 0.2) is 53.9 Å². The topological polar surface area (TPSA) is 43.6 Å². The molecule has 2 aromatic heterocycles. The number of aromatic nitrogens is 2. The molecule has 0 bridgehead atoms. The normalized spacial score (nSPS) is 11.0. The molecule has 6 heteroatoms. The number of carbonyl (C=O) groups is 1. The van der Waals surface area contributed by atoms with E-state index in [9.17, 15) is 4.79 Å². The summed E-state index contributed by atoms with van der Waals surface area (Å²) in [6.45, 7) is 0. The molecule has 0 amide bonds. The third-order valence-electron chi connectivity index (χ3n) is 3.99. The molecule has 4 nitrogen and oxygen atoms in total. The number of benzene rings is 2. The molecular formula is C19H13ClN2O2S. The van der Waals surface area contributed by atoms with Gasteiger partial charge in [-0.25, -0.2) is 4.98 Å². The van der Waals surface area contributed by atoms with Gasteiger partial charge in [0.25, 0.3) is 0 Å². The fourth-order valence-electron chi connectivity index (χ4n) is 2.79.